The SMILES string of the molecule is CCC1CCCCC1C(O)C(C)C(C)C. The Labute approximate surface area is 95.3 Å². The Bertz CT molecular complexity index is 176. The van der Waals surface area contributed by atoms with Gasteiger partial charge in [-0.2, -0.15) is 0 Å². The molecule has 0 radical (unpaired) electrons. The topological polar surface area (TPSA) is 20.2 Å². The van der Waals surface area contributed by atoms with E-state index in [-0.39, 0.29) is 6.10 Å². The Morgan fingerprint density at radius 3 is 2.27 bits per heavy atom. The molecule has 1 heteroatoms. The molecule has 4 atom stereocenters. The van der Waals surface area contributed by atoms with Gasteiger partial charge in [-0.25, -0.2) is 0 Å². The molecule has 1 aliphatic rings. The maximum Gasteiger partial charge on any atom is 0.0598 e. The summed E-state index contributed by atoms with van der Waals surface area (Å²) >= 11 is 0. The van der Waals surface area contributed by atoms with Gasteiger partial charge in [0.15, 0.2) is 0 Å². The van der Waals surface area contributed by atoms with Crippen LogP contribution in [0.2, 0.25) is 0 Å². The zero-order valence-electron chi connectivity index (χ0n) is 10.9. The van der Waals surface area contributed by atoms with Crippen LogP contribution in [0.5, 0.6) is 0 Å². The third-order valence-electron chi connectivity index (χ3n) is 4.52. The highest BCUT2D eigenvalue weighted by Gasteiger charge is 2.33. The second-order valence-electron chi connectivity index (χ2n) is 5.71. The first-order valence-electron chi connectivity index (χ1n) is 6.76. The third kappa shape index (κ3) is 3.21. The molecule has 15 heavy (non-hydrogen) atoms. The van der Waals surface area contributed by atoms with E-state index in [4.69, 9.17) is 0 Å². The van der Waals surface area contributed by atoms with E-state index in [1.54, 1.807) is 0 Å². The molecule has 0 amide bonds. The van der Waals surface area contributed by atoms with Crippen LogP contribution in [-0.4, -0.2) is 11.2 Å². The van der Waals surface area contributed by atoms with Gasteiger partial charge in [0.25, 0.3) is 0 Å². The van der Waals surface area contributed by atoms with Crippen molar-refractivity contribution in [2.24, 2.45) is 23.7 Å². The molecule has 0 saturated heterocycles. The maximum atomic E-state index is 10.4. The second-order valence-corrected chi connectivity index (χ2v) is 5.71. The van der Waals surface area contributed by atoms with E-state index in [0.29, 0.717) is 17.8 Å². The normalized spacial score (nSPS) is 31.6. The lowest BCUT2D eigenvalue weighted by Crippen LogP contribution is -2.36. The van der Waals surface area contributed by atoms with Gasteiger partial charge in [-0.15, -0.1) is 0 Å². The largest absolute Gasteiger partial charge is 0.393 e. The summed E-state index contributed by atoms with van der Waals surface area (Å²) < 4.78 is 0. The molecule has 1 nitrogen and oxygen atoms in total. The highest BCUT2D eigenvalue weighted by atomic mass is 16.3. The molecule has 0 spiro atoms. The van der Waals surface area contributed by atoms with Crippen molar-refractivity contribution in [1.29, 1.82) is 0 Å². The number of hydrogen-bond acceptors (Lipinski definition) is 1. The lowest BCUT2D eigenvalue weighted by atomic mass is 9.71. The van der Waals surface area contributed by atoms with Crippen LogP contribution in [0.25, 0.3) is 0 Å². The van der Waals surface area contributed by atoms with E-state index in [1.807, 2.05) is 0 Å². The van der Waals surface area contributed by atoms with Crippen LogP contribution >= 0.6 is 0 Å². The predicted octanol–water partition coefficient (Wildman–Crippen LogP) is 3.86. The molecule has 1 rings (SSSR count). The fraction of sp³-hybridized carbons (Fsp3) is 1.00. The molecule has 90 valence electrons. The van der Waals surface area contributed by atoms with Gasteiger partial charge in [-0.3, -0.25) is 0 Å². The lowest BCUT2D eigenvalue weighted by molar-refractivity contribution is -0.00500. The Balaban J connectivity index is 2.58. The lowest BCUT2D eigenvalue weighted by Gasteiger charge is -2.38. The molecule has 4 unspecified atom stereocenters. The fourth-order valence-corrected chi connectivity index (χ4v) is 2.98. The van der Waals surface area contributed by atoms with Crippen LogP contribution in [0.3, 0.4) is 0 Å². The van der Waals surface area contributed by atoms with Crippen molar-refractivity contribution >= 4 is 0 Å². The Kier molecular flexibility index (Phi) is 5.11. The van der Waals surface area contributed by atoms with Crippen LogP contribution in [0, 0.1) is 23.7 Å². The molecule has 1 aliphatic carbocycles. The van der Waals surface area contributed by atoms with Crippen molar-refractivity contribution in [3.05, 3.63) is 0 Å². The predicted molar refractivity (Wildman–Crippen MR) is 65.7 cm³/mol. The van der Waals surface area contributed by atoms with E-state index in [9.17, 15) is 5.11 Å². The van der Waals surface area contributed by atoms with Crippen LogP contribution in [-0.2, 0) is 0 Å². The average Bonchev–Trinajstić information content (AvgIpc) is 2.26. The minimum absolute atomic E-state index is 0.0738. The molecule has 0 aromatic carbocycles. The Morgan fingerprint density at radius 2 is 1.73 bits per heavy atom. The van der Waals surface area contributed by atoms with E-state index in [2.05, 4.69) is 27.7 Å². The molecular weight excluding hydrogens is 184 g/mol. The molecular formula is C14H28O. The van der Waals surface area contributed by atoms with Crippen LogP contribution < -0.4 is 0 Å². The summed E-state index contributed by atoms with van der Waals surface area (Å²) in [7, 11) is 0. The van der Waals surface area contributed by atoms with E-state index >= 15 is 0 Å². The van der Waals surface area contributed by atoms with Crippen LogP contribution in [0.15, 0.2) is 0 Å². The summed E-state index contributed by atoms with van der Waals surface area (Å²) in [5.41, 5.74) is 0. The van der Waals surface area contributed by atoms with Crippen molar-refractivity contribution in [3.8, 4) is 0 Å². The van der Waals surface area contributed by atoms with Gasteiger partial charge in [-0.1, -0.05) is 53.4 Å². The summed E-state index contributed by atoms with van der Waals surface area (Å²) in [5, 5.41) is 10.4. The molecule has 0 heterocycles. The van der Waals surface area contributed by atoms with Gasteiger partial charge in [-0.05, 0) is 30.1 Å². The van der Waals surface area contributed by atoms with E-state index in [1.165, 1.54) is 32.1 Å². The summed E-state index contributed by atoms with van der Waals surface area (Å²) in [6.45, 7) is 8.92. The van der Waals surface area contributed by atoms with Crippen molar-refractivity contribution in [3.63, 3.8) is 0 Å². The average molecular weight is 212 g/mol. The minimum Gasteiger partial charge on any atom is -0.393 e. The number of aliphatic hydroxyl groups is 1. The molecule has 1 N–H and O–H groups in total. The number of rotatable bonds is 4. The first-order chi connectivity index (χ1) is 7.07. The van der Waals surface area contributed by atoms with E-state index in [0.717, 1.165) is 5.92 Å². The quantitative estimate of drug-likeness (QED) is 0.750. The second kappa shape index (κ2) is 5.89. The Morgan fingerprint density at radius 1 is 1.13 bits per heavy atom. The summed E-state index contributed by atoms with van der Waals surface area (Å²) in [5.74, 6) is 2.39. The van der Waals surface area contributed by atoms with Crippen molar-refractivity contribution in [2.45, 2.75) is 65.9 Å². The highest BCUT2D eigenvalue weighted by Crippen LogP contribution is 2.37. The van der Waals surface area contributed by atoms with Gasteiger partial charge >= 0.3 is 0 Å². The van der Waals surface area contributed by atoms with Gasteiger partial charge < -0.3 is 5.11 Å². The van der Waals surface area contributed by atoms with Crippen LogP contribution in [0.1, 0.15) is 59.8 Å². The zero-order valence-corrected chi connectivity index (χ0v) is 10.9. The monoisotopic (exact) mass is 212 g/mol. The molecule has 1 saturated carbocycles. The molecule has 0 aromatic heterocycles. The summed E-state index contributed by atoms with van der Waals surface area (Å²) in [6, 6.07) is 0. The van der Waals surface area contributed by atoms with Gasteiger partial charge in [0.05, 0.1) is 6.10 Å². The van der Waals surface area contributed by atoms with Crippen LogP contribution in [0.4, 0.5) is 0 Å². The summed E-state index contributed by atoms with van der Waals surface area (Å²) in [6.07, 6.45) is 6.45. The maximum absolute atomic E-state index is 10.4. The first-order valence-corrected chi connectivity index (χ1v) is 6.76. The zero-order chi connectivity index (χ0) is 11.4. The van der Waals surface area contributed by atoms with Gasteiger partial charge in [0.2, 0.25) is 0 Å². The number of aliphatic hydroxyl groups excluding tert-OH is 1. The molecule has 0 aromatic rings. The highest BCUT2D eigenvalue weighted by molar-refractivity contribution is 4.83. The Hall–Kier alpha value is -0.0400. The third-order valence-corrected chi connectivity index (χ3v) is 4.52. The number of hydrogen-bond donors (Lipinski definition) is 1. The molecule has 1 fully saturated rings. The first kappa shape index (κ1) is 13.0. The van der Waals surface area contributed by atoms with Crippen molar-refractivity contribution in [2.75, 3.05) is 0 Å². The summed E-state index contributed by atoms with van der Waals surface area (Å²) in [4.78, 5) is 0. The fourth-order valence-electron chi connectivity index (χ4n) is 2.98. The smallest absolute Gasteiger partial charge is 0.0598 e. The minimum atomic E-state index is -0.0738. The molecule has 0 aliphatic heterocycles. The van der Waals surface area contributed by atoms with Crippen molar-refractivity contribution < 1.29 is 5.11 Å². The van der Waals surface area contributed by atoms with Crippen molar-refractivity contribution in [1.82, 2.24) is 0 Å². The molecule has 0 bridgehead atoms. The van der Waals surface area contributed by atoms with Gasteiger partial charge in [0, 0.05) is 0 Å². The standard InChI is InChI=1S/C14H28O/c1-5-12-8-6-7-9-13(12)14(15)11(4)10(2)3/h10-15H,5-9H2,1-4H3. The van der Waals surface area contributed by atoms with Gasteiger partial charge in [0.1, 0.15) is 0 Å². The van der Waals surface area contributed by atoms with E-state index < -0.39 is 0 Å².